The van der Waals surface area contributed by atoms with Gasteiger partial charge in [0, 0.05) is 6.42 Å². The highest BCUT2D eigenvalue weighted by atomic mass is 16.7. The first-order valence-electron chi connectivity index (χ1n) is 36.4. The number of aliphatic hydroxyl groups is 8. The van der Waals surface area contributed by atoms with Gasteiger partial charge in [-0.25, -0.2) is 0 Å². The minimum absolute atomic E-state index is 0.198. The van der Waals surface area contributed by atoms with Crippen LogP contribution in [0, 0.1) is 0 Å². The van der Waals surface area contributed by atoms with Crippen LogP contribution < -0.4 is 5.32 Å². The molecule has 9 N–H and O–H groups in total. The Kier molecular flexibility index (Phi) is 53.2. The second-order valence-electron chi connectivity index (χ2n) is 26.1. The molecule has 0 aromatic carbocycles. The summed E-state index contributed by atoms with van der Waals surface area (Å²) >= 11 is 0. The van der Waals surface area contributed by atoms with Gasteiger partial charge >= 0.3 is 0 Å². The Balaban J connectivity index is 1.63. The molecule has 0 radical (unpaired) electrons. The van der Waals surface area contributed by atoms with Gasteiger partial charge < -0.3 is 65.1 Å². The van der Waals surface area contributed by atoms with Crippen LogP contribution in [0.1, 0.15) is 341 Å². The van der Waals surface area contributed by atoms with E-state index in [0.29, 0.717) is 12.8 Å². The predicted molar refractivity (Wildman–Crippen MR) is 346 cm³/mol. The predicted octanol–water partition coefficient (Wildman–Crippen LogP) is 15.0. The average Bonchev–Trinajstić information content (AvgIpc) is 3.68. The van der Waals surface area contributed by atoms with E-state index in [0.717, 1.165) is 51.4 Å². The van der Waals surface area contributed by atoms with Gasteiger partial charge in [-0.15, -0.1) is 0 Å². The number of hydrogen-bond donors (Lipinski definition) is 9. The van der Waals surface area contributed by atoms with E-state index >= 15 is 0 Å². The maximum absolute atomic E-state index is 13.4. The molecule has 2 heterocycles. The van der Waals surface area contributed by atoms with Crippen molar-refractivity contribution in [3.05, 3.63) is 12.2 Å². The zero-order chi connectivity index (χ0) is 61.6. The molecule has 0 spiro atoms. The molecule has 0 saturated carbocycles. The number of nitrogens with one attached hydrogen (secondary N) is 1. The van der Waals surface area contributed by atoms with Crippen LogP contribution in [0.3, 0.4) is 0 Å². The second-order valence-corrected chi connectivity index (χ2v) is 26.1. The molecule has 1 amide bonds. The van der Waals surface area contributed by atoms with Crippen LogP contribution in [0.5, 0.6) is 0 Å². The van der Waals surface area contributed by atoms with E-state index in [1.165, 1.54) is 263 Å². The normalized spacial score (nSPS) is 23.5. The number of carbonyl (C=O) groups is 1. The summed E-state index contributed by atoms with van der Waals surface area (Å²) in [5.41, 5.74) is 0. The molecular formula is C71H137NO13. The van der Waals surface area contributed by atoms with Gasteiger partial charge in [0.05, 0.1) is 32.0 Å². The zero-order valence-electron chi connectivity index (χ0n) is 54.9. The van der Waals surface area contributed by atoms with Crippen molar-refractivity contribution in [2.75, 3.05) is 19.8 Å². The van der Waals surface area contributed by atoms with Gasteiger partial charge in [-0.1, -0.05) is 309 Å². The van der Waals surface area contributed by atoms with E-state index in [1.807, 2.05) is 0 Å². The molecule has 0 aromatic rings. The van der Waals surface area contributed by atoms with Gasteiger partial charge in [0.1, 0.15) is 48.8 Å². The van der Waals surface area contributed by atoms with Gasteiger partial charge in [-0.05, 0) is 38.5 Å². The Morgan fingerprint density at radius 3 is 1.12 bits per heavy atom. The fourth-order valence-corrected chi connectivity index (χ4v) is 12.4. The van der Waals surface area contributed by atoms with Crippen molar-refractivity contribution in [1.29, 1.82) is 0 Å². The summed E-state index contributed by atoms with van der Waals surface area (Å²) in [6.07, 6.45) is 52.3. The lowest BCUT2D eigenvalue weighted by Gasteiger charge is -2.46. The lowest BCUT2D eigenvalue weighted by atomic mass is 9.97. The van der Waals surface area contributed by atoms with Gasteiger partial charge in [-0.2, -0.15) is 0 Å². The smallest absolute Gasteiger partial charge is 0.220 e. The van der Waals surface area contributed by atoms with Crippen molar-refractivity contribution in [2.45, 2.75) is 415 Å². The molecule has 504 valence electrons. The number of carbonyl (C=O) groups excluding carboxylic acids is 1. The van der Waals surface area contributed by atoms with E-state index in [9.17, 15) is 45.6 Å². The highest BCUT2D eigenvalue weighted by molar-refractivity contribution is 5.76. The zero-order valence-corrected chi connectivity index (χ0v) is 54.9. The third-order valence-electron chi connectivity index (χ3n) is 18.2. The summed E-state index contributed by atoms with van der Waals surface area (Å²) in [7, 11) is 0. The number of rotatable bonds is 61. The number of amides is 1. The molecule has 85 heavy (non-hydrogen) atoms. The average molecular weight is 1210 g/mol. The molecular weight excluding hydrogens is 1070 g/mol. The quantitative estimate of drug-likeness (QED) is 0.0204. The van der Waals surface area contributed by atoms with Gasteiger partial charge in [-0.3, -0.25) is 4.79 Å². The second kappa shape index (κ2) is 56.7. The largest absolute Gasteiger partial charge is 0.394 e. The highest BCUT2D eigenvalue weighted by Crippen LogP contribution is 2.30. The van der Waals surface area contributed by atoms with E-state index in [1.54, 1.807) is 0 Å². The van der Waals surface area contributed by atoms with Crippen molar-refractivity contribution in [1.82, 2.24) is 5.32 Å². The van der Waals surface area contributed by atoms with Crippen LogP contribution in [0.25, 0.3) is 0 Å². The Morgan fingerprint density at radius 1 is 0.412 bits per heavy atom. The van der Waals surface area contributed by atoms with E-state index < -0.39 is 86.8 Å². The Morgan fingerprint density at radius 2 is 0.741 bits per heavy atom. The van der Waals surface area contributed by atoms with Gasteiger partial charge in [0.25, 0.3) is 0 Å². The van der Waals surface area contributed by atoms with Crippen LogP contribution in [0.2, 0.25) is 0 Å². The number of aliphatic hydroxyl groups excluding tert-OH is 8. The summed E-state index contributed by atoms with van der Waals surface area (Å²) in [5.74, 6) is -0.198. The van der Waals surface area contributed by atoms with Crippen LogP contribution in [0.4, 0.5) is 0 Å². The van der Waals surface area contributed by atoms with Gasteiger partial charge in [0.2, 0.25) is 5.91 Å². The fraction of sp³-hybridized carbons (Fsp3) is 0.958. The minimum atomic E-state index is -1.78. The molecule has 14 heteroatoms. The van der Waals surface area contributed by atoms with Crippen molar-refractivity contribution >= 4 is 5.91 Å². The summed E-state index contributed by atoms with van der Waals surface area (Å²) in [4.78, 5) is 13.4. The van der Waals surface area contributed by atoms with Crippen molar-refractivity contribution in [3.63, 3.8) is 0 Å². The lowest BCUT2D eigenvalue weighted by molar-refractivity contribution is -0.359. The Hall–Kier alpha value is -1.27. The van der Waals surface area contributed by atoms with Crippen molar-refractivity contribution < 1.29 is 64.6 Å². The molecule has 2 aliphatic heterocycles. The first-order chi connectivity index (χ1) is 41.6. The SMILES string of the molecule is CCCCCCCCCC/C=C\CCCCCCCCCCCCCCCCCCCCCC(=O)NC(COC1OC(CO)C(OC2OC(CO)C(O)C(O)C2O)C(O)C1O)C(O)CCCCCCCCCCCCCCCCCCCCCC. The number of ether oxygens (including phenoxy) is 4. The van der Waals surface area contributed by atoms with Crippen LogP contribution in [-0.2, 0) is 23.7 Å². The van der Waals surface area contributed by atoms with E-state index in [2.05, 4.69) is 31.3 Å². The van der Waals surface area contributed by atoms with Crippen LogP contribution in [-0.4, -0.2) is 140 Å². The van der Waals surface area contributed by atoms with Gasteiger partial charge in [0.15, 0.2) is 12.6 Å². The maximum Gasteiger partial charge on any atom is 0.220 e. The molecule has 0 aromatic heterocycles. The molecule has 2 rings (SSSR count). The molecule has 12 atom stereocenters. The number of unbranched alkanes of at least 4 members (excludes halogenated alkanes) is 46. The molecule has 12 unspecified atom stereocenters. The molecule has 0 bridgehead atoms. The molecule has 14 nitrogen and oxygen atoms in total. The van der Waals surface area contributed by atoms with Crippen molar-refractivity contribution in [2.24, 2.45) is 0 Å². The third-order valence-corrected chi connectivity index (χ3v) is 18.2. The summed E-state index contributed by atoms with van der Waals surface area (Å²) in [6, 6.07) is -0.826. The Bertz CT molecular complexity index is 1470. The molecule has 0 aliphatic carbocycles. The Labute approximate surface area is 520 Å². The summed E-state index contributed by atoms with van der Waals surface area (Å²) < 4.78 is 22.9. The summed E-state index contributed by atoms with van der Waals surface area (Å²) in [5, 5.41) is 87.6. The maximum atomic E-state index is 13.4. The number of hydrogen-bond acceptors (Lipinski definition) is 13. The van der Waals surface area contributed by atoms with Crippen LogP contribution in [0.15, 0.2) is 12.2 Å². The third kappa shape index (κ3) is 41.0. The first-order valence-corrected chi connectivity index (χ1v) is 36.4. The monoisotopic (exact) mass is 1210 g/mol. The fourth-order valence-electron chi connectivity index (χ4n) is 12.4. The standard InChI is InChI=1S/C71H137NO13/c1-3-5-7-9-11-13-15-17-19-21-23-25-26-27-28-29-30-31-32-33-34-35-37-39-41-43-45-47-49-51-53-55-63(76)72-59(60(75)54-52-50-48-46-44-42-40-38-36-24-22-20-18-16-14-12-10-8-6-4-2)58-82-70-68(81)66(79)69(62(57-74)84-70)85-71-67(80)65(78)64(77)61(56-73)83-71/h21,23,59-62,64-71,73-75,77-81H,3-20,22,24-58H2,1-2H3,(H,72,76)/b23-21-. The first kappa shape index (κ1) is 79.8. The molecule has 2 fully saturated rings. The minimum Gasteiger partial charge on any atom is -0.394 e. The summed E-state index contributed by atoms with van der Waals surface area (Å²) in [6.45, 7) is 2.92. The molecule has 2 aliphatic rings. The van der Waals surface area contributed by atoms with Crippen molar-refractivity contribution in [3.8, 4) is 0 Å². The lowest BCUT2D eigenvalue weighted by Crippen LogP contribution is -2.65. The topological polar surface area (TPSA) is 228 Å². The highest BCUT2D eigenvalue weighted by Gasteiger charge is 2.51. The van der Waals surface area contributed by atoms with Crippen LogP contribution >= 0.6 is 0 Å². The number of allylic oxidation sites excluding steroid dienone is 2. The van der Waals surface area contributed by atoms with E-state index in [-0.39, 0.29) is 12.5 Å². The molecule has 2 saturated heterocycles. The van der Waals surface area contributed by atoms with E-state index in [4.69, 9.17) is 18.9 Å².